The maximum absolute atomic E-state index is 11.9. The molecule has 2 aromatic rings. The molecule has 136 valence electrons. The molecule has 0 aliphatic heterocycles. The molecule has 1 amide bonds. The van der Waals surface area contributed by atoms with Gasteiger partial charge in [-0.3, -0.25) is 14.9 Å². The Morgan fingerprint density at radius 1 is 1.19 bits per heavy atom. The molecule has 0 radical (unpaired) electrons. The lowest BCUT2D eigenvalue weighted by Crippen LogP contribution is -2.21. The number of nitro groups is 1. The number of benzene rings is 2. The molecule has 2 rings (SSSR count). The predicted molar refractivity (Wildman–Crippen MR) is 102 cm³/mol. The minimum absolute atomic E-state index is 0.00577. The van der Waals surface area contributed by atoms with Gasteiger partial charge in [0.25, 0.3) is 11.6 Å². The topological polar surface area (TPSA) is 108 Å². The smallest absolute Gasteiger partial charge is 0.338 e. The second-order valence-electron chi connectivity index (χ2n) is 5.00. The van der Waals surface area contributed by atoms with Gasteiger partial charge in [0.2, 0.25) is 0 Å². The Kier molecular flexibility index (Phi) is 6.89. The van der Waals surface area contributed by atoms with Crippen LogP contribution in [-0.2, 0) is 9.53 Å². The molecule has 0 atom stereocenters. The number of anilines is 1. The molecule has 0 aliphatic rings. The Morgan fingerprint density at radius 2 is 1.88 bits per heavy atom. The lowest BCUT2D eigenvalue weighted by atomic mass is 10.2. The number of hydrogen-bond acceptors (Lipinski definition) is 6. The van der Waals surface area contributed by atoms with Gasteiger partial charge < -0.3 is 14.8 Å². The molecule has 0 bridgehead atoms. The molecule has 0 fully saturated rings. The van der Waals surface area contributed by atoms with E-state index in [2.05, 4.69) is 27.9 Å². The summed E-state index contributed by atoms with van der Waals surface area (Å²) < 4.78 is 11.1. The van der Waals surface area contributed by atoms with Crippen molar-refractivity contribution in [3.05, 3.63) is 61.7 Å². The summed E-state index contributed by atoms with van der Waals surface area (Å²) >= 11 is 2.10. The number of esters is 1. The first-order chi connectivity index (χ1) is 12.4. The number of ether oxygens (including phenoxy) is 2. The van der Waals surface area contributed by atoms with Crippen LogP contribution in [0.1, 0.15) is 17.3 Å². The van der Waals surface area contributed by atoms with E-state index in [1.807, 2.05) is 0 Å². The van der Waals surface area contributed by atoms with E-state index >= 15 is 0 Å². The summed E-state index contributed by atoms with van der Waals surface area (Å²) in [7, 11) is 0. The molecule has 0 heterocycles. The van der Waals surface area contributed by atoms with Crippen molar-refractivity contribution < 1.29 is 24.0 Å². The van der Waals surface area contributed by atoms with E-state index in [0.717, 1.165) is 3.57 Å². The molecule has 0 saturated carbocycles. The highest BCUT2D eigenvalue weighted by Crippen LogP contribution is 2.29. The van der Waals surface area contributed by atoms with E-state index in [1.165, 1.54) is 18.2 Å². The van der Waals surface area contributed by atoms with Gasteiger partial charge in [-0.1, -0.05) is 0 Å². The molecular weight excluding hydrogens is 455 g/mol. The summed E-state index contributed by atoms with van der Waals surface area (Å²) in [6.07, 6.45) is 0. The summed E-state index contributed by atoms with van der Waals surface area (Å²) in [5.41, 5.74) is -0.00714. The molecule has 1 N–H and O–H groups in total. The third-order valence-electron chi connectivity index (χ3n) is 3.17. The van der Waals surface area contributed by atoms with E-state index in [1.54, 1.807) is 31.2 Å². The van der Waals surface area contributed by atoms with Gasteiger partial charge in [0.1, 0.15) is 11.4 Å². The van der Waals surface area contributed by atoms with Gasteiger partial charge in [0.15, 0.2) is 6.61 Å². The Morgan fingerprint density at radius 3 is 2.50 bits per heavy atom. The van der Waals surface area contributed by atoms with Crippen LogP contribution in [-0.4, -0.2) is 30.0 Å². The van der Waals surface area contributed by atoms with Crippen LogP contribution >= 0.6 is 22.6 Å². The zero-order valence-electron chi connectivity index (χ0n) is 13.7. The third-order valence-corrected chi connectivity index (χ3v) is 3.88. The van der Waals surface area contributed by atoms with Gasteiger partial charge in [-0.2, -0.15) is 0 Å². The van der Waals surface area contributed by atoms with Crippen LogP contribution in [0.5, 0.6) is 5.75 Å². The lowest BCUT2D eigenvalue weighted by Gasteiger charge is -2.09. The summed E-state index contributed by atoms with van der Waals surface area (Å²) in [4.78, 5) is 34.3. The van der Waals surface area contributed by atoms with Crippen molar-refractivity contribution in [1.29, 1.82) is 0 Å². The van der Waals surface area contributed by atoms with Gasteiger partial charge >= 0.3 is 5.97 Å². The van der Waals surface area contributed by atoms with Gasteiger partial charge in [-0.15, -0.1) is 0 Å². The number of rotatable bonds is 7. The maximum Gasteiger partial charge on any atom is 0.338 e. The van der Waals surface area contributed by atoms with Gasteiger partial charge in [-0.25, -0.2) is 4.79 Å². The molecule has 26 heavy (non-hydrogen) atoms. The maximum atomic E-state index is 11.9. The largest absolute Gasteiger partial charge is 0.494 e. The van der Waals surface area contributed by atoms with E-state index in [4.69, 9.17) is 9.47 Å². The standard InChI is InChI=1S/C17H15IN2O6/c1-2-25-13-7-8-14(15(9-13)20(23)24)19-16(21)10-26-17(22)11-3-5-12(18)6-4-11/h3-9H,2,10H2,1H3,(H,19,21). The predicted octanol–water partition coefficient (Wildman–Crippen LogP) is 3.39. The van der Waals surface area contributed by atoms with Crippen LogP contribution in [0.15, 0.2) is 42.5 Å². The van der Waals surface area contributed by atoms with Crippen molar-refractivity contribution >= 4 is 45.8 Å². The second-order valence-corrected chi connectivity index (χ2v) is 6.25. The van der Waals surface area contributed by atoms with Crippen molar-refractivity contribution in [2.45, 2.75) is 6.92 Å². The highest BCUT2D eigenvalue weighted by molar-refractivity contribution is 14.1. The molecule has 0 aliphatic carbocycles. The average Bonchev–Trinajstić information content (AvgIpc) is 2.61. The minimum Gasteiger partial charge on any atom is -0.494 e. The van der Waals surface area contributed by atoms with Crippen LogP contribution < -0.4 is 10.1 Å². The summed E-state index contributed by atoms with van der Waals surface area (Å²) in [6, 6.07) is 10.7. The van der Waals surface area contributed by atoms with E-state index in [-0.39, 0.29) is 11.4 Å². The van der Waals surface area contributed by atoms with E-state index in [0.29, 0.717) is 17.9 Å². The van der Waals surface area contributed by atoms with Crippen LogP contribution in [0.25, 0.3) is 0 Å². The molecular formula is C17H15IN2O6. The molecule has 0 saturated heterocycles. The highest BCUT2D eigenvalue weighted by atomic mass is 127. The Bertz CT molecular complexity index is 823. The fourth-order valence-electron chi connectivity index (χ4n) is 2.01. The lowest BCUT2D eigenvalue weighted by molar-refractivity contribution is -0.384. The van der Waals surface area contributed by atoms with Gasteiger partial charge in [0.05, 0.1) is 23.2 Å². The minimum atomic E-state index is -0.684. The van der Waals surface area contributed by atoms with Gasteiger partial charge in [0, 0.05) is 3.57 Å². The van der Waals surface area contributed by atoms with Crippen molar-refractivity contribution in [2.24, 2.45) is 0 Å². The summed E-state index contributed by atoms with van der Waals surface area (Å²) in [5.74, 6) is -1.02. The summed E-state index contributed by atoms with van der Waals surface area (Å²) in [5, 5.41) is 13.5. The Balaban J connectivity index is 1.99. The van der Waals surface area contributed by atoms with Crippen LogP contribution in [0, 0.1) is 13.7 Å². The van der Waals surface area contributed by atoms with Crippen molar-refractivity contribution in [3.63, 3.8) is 0 Å². The number of hydrogen-bond donors (Lipinski definition) is 1. The Labute approximate surface area is 162 Å². The first kappa shape index (κ1) is 19.6. The van der Waals surface area contributed by atoms with Crippen LogP contribution in [0.3, 0.4) is 0 Å². The van der Waals surface area contributed by atoms with E-state index in [9.17, 15) is 19.7 Å². The fourth-order valence-corrected chi connectivity index (χ4v) is 2.37. The van der Waals surface area contributed by atoms with Crippen LogP contribution in [0.2, 0.25) is 0 Å². The highest BCUT2D eigenvalue weighted by Gasteiger charge is 2.18. The van der Waals surface area contributed by atoms with Gasteiger partial charge in [-0.05, 0) is 65.9 Å². The quantitative estimate of drug-likeness (QED) is 0.288. The molecule has 9 heteroatoms. The molecule has 0 unspecified atom stereocenters. The number of nitro benzene ring substituents is 1. The number of nitrogens with zero attached hydrogens (tertiary/aromatic N) is 1. The SMILES string of the molecule is CCOc1ccc(NC(=O)COC(=O)c2ccc(I)cc2)c([N+](=O)[O-])c1. The zero-order valence-corrected chi connectivity index (χ0v) is 15.9. The number of halogens is 1. The number of carbonyl (C=O) groups is 2. The summed E-state index contributed by atoms with van der Waals surface area (Å²) in [6.45, 7) is 1.55. The molecule has 0 spiro atoms. The van der Waals surface area contributed by atoms with Crippen molar-refractivity contribution in [3.8, 4) is 5.75 Å². The number of carbonyl (C=O) groups excluding carboxylic acids is 2. The third kappa shape index (κ3) is 5.41. The fraction of sp³-hybridized carbons (Fsp3) is 0.176. The second kappa shape index (κ2) is 9.13. The Hall–Kier alpha value is -2.69. The normalized spacial score (nSPS) is 10.1. The molecule has 2 aromatic carbocycles. The zero-order chi connectivity index (χ0) is 19.1. The average molecular weight is 470 g/mol. The van der Waals surface area contributed by atoms with Crippen molar-refractivity contribution in [1.82, 2.24) is 0 Å². The monoisotopic (exact) mass is 470 g/mol. The van der Waals surface area contributed by atoms with Crippen molar-refractivity contribution in [2.75, 3.05) is 18.5 Å². The number of nitrogens with one attached hydrogen (secondary N) is 1. The number of amides is 1. The van der Waals surface area contributed by atoms with Crippen LogP contribution in [0.4, 0.5) is 11.4 Å². The van der Waals surface area contributed by atoms with E-state index < -0.39 is 23.4 Å². The molecule has 0 aromatic heterocycles. The first-order valence-electron chi connectivity index (χ1n) is 7.54. The first-order valence-corrected chi connectivity index (χ1v) is 8.62. The molecule has 8 nitrogen and oxygen atoms in total.